The molecule has 1 fully saturated rings. The Hall–Kier alpha value is -1.89. The lowest BCUT2D eigenvalue weighted by molar-refractivity contribution is 0.150. The third-order valence-corrected chi connectivity index (χ3v) is 6.60. The average molecular weight is 458 g/mol. The summed E-state index contributed by atoms with van der Waals surface area (Å²) in [6.45, 7) is 0.801. The Morgan fingerprint density at radius 1 is 1.35 bits per heavy atom. The number of allylic oxidation sites excluding steroid dienone is 3. The van der Waals surface area contributed by atoms with Crippen LogP contribution in [0.4, 0.5) is 17.6 Å². The Morgan fingerprint density at radius 3 is 2.97 bits per heavy atom. The van der Waals surface area contributed by atoms with Gasteiger partial charge in [0.05, 0.1) is 0 Å². The molecule has 0 aliphatic carbocycles. The van der Waals surface area contributed by atoms with Crippen LogP contribution < -0.4 is 14.9 Å². The molecule has 2 N–H and O–H groups in total. The van der Waals surface area contributed by atoms with Crippen molar-refractivity contribution >= 4 is 19.3 Å². The second-order valence-corrected chi connectivity index (χ2v) is 8.94. The third-order valence-electron chi connectivity index (χ3n) is 4.85. The highest BCUT2D eigenvalue weighted by atomic mass is 31.2. The van der Waals surface area contributed by atoms with Gasteiger partial charge in [-0.3, -0.25) is 5.09 Å². The van der Waals surface area contributed by atoms with E-state index in [1.807, 2.05) is 0 Å². The molecule has 1 saturated heterocycles. The van der Waals surface area contributed by atoms with Crippen molar-refractivity contribution < 1.29 is 26.5 Å². The van der Waals surface area contributed by atoms with E-state index in [1.54, 1.807) is 18.2 Å². The van der Waals surface area contributed by atoms with Gasteiger partial charge >= 0.3 is 0 Å². The Labute approximate surface area is 180 Å². The van der Waals surface area contributed by atoms with Crippen LogP contribution in [0.15, 0.2) is 52.5 Å². The fraction of sp³-hybridized carbons (Fsp3) is 0.455. The minimum Gasteiger partial charge on any atom is -0.428 e. The maximum Gasteiger partial charge on any atom is 0.289 e. The number of hydrogen-bond donors (Lipinski definition) is 2. The molecule has 2 aromatic rings. The summed E-state index contributed by atoms with van der Waals surface area (Å²) < 4.78 is 62.9. The Morgan fingerprint density at radius 2 is 2.23 bits per heavy atom. The van der Waals surface area contributed by atoms with Gasteiger partial charge in [-0.05, 0) is 49.6 Å². The van der Waals surface area contributed by atoms with E-state index in [0.717, 1.165) is 25.5 Å². The summed E-state index contributed by atoms with van der Waals surface area (Å²) in [6.07, 6.45) is 4.88. The smallest absolute Gasteiger partial charge is 0.289 e. The highest BCUT2D eigenvalue weighted by Gasteiger charge is 2.22. The molecule has 170 valence electrons. The highest BCUT2D eigenvalue weighted by Crippen LogP contribution is 2.38. The van der Waals surface area contributed by atoms with Gasteiger partial charge in [0.25, 0.3) is 5.95 Å². The fourth-order valence-corrected chi connectivity index (χ4v) is 5.10. The van der Waals surface area contributed by atoms with Crippen molar-refractivity contribution in [3.63, 3.8) is 0 Å². The van der Waals surface area contributed by atoms with Gasteiger partial charge < -0.3 is 14.3 Å². The van der Waals surface area contributed by atoms with Crippen molar-refractivity contribution in [2.75, 3.05) is 25.9 Å². The van der Waals surface area contributed by atoms with Crippen molar-refractivity contribution in [2.45, 2.75) is 38.2 Å². The minimum atomic E-state index is -2.48. The van der Waals surface area contributed by atoms with Crippen LogP contribution in [0.25, 0.3) is 11.0 Å². The van der Waals surface area contributed by atoms with E-state index in [0.29, 0.717) is 41.5 Å². The quantitative estimate of drug-likeness (QED) is 0.175. The van der Waals surface area contributed by atoms with Crippen LogP contribution >= 0.6 is 8.30 Å². The SMILES string of the molecule is FC/C=C\C(=C/CCNP(CC1CCCN1)Oc1cc2cc(F)ccc2o1)CC(F)F. The van der Waals surface area contributed by atoms with E-state index >= 15 is 0 Å². The van der Waals surface area contributed by atoms with Gasteiger partial charge in [-0.15, -0.1) is 0 Å². The van der Waals surface area contributed by atoms with Crippen LogP contribution in [0, 0.1) is 5.82 Å². The first kappa shape index (κ1) is 23.8. The Kier molecular flexibility index (Phi) is 9.37. The number of halogens is 4. The molecule has 1 aliphatic rings. The van der Waals surface area contributed by atoms with E-state index < -0.39 is 27.8 Å². The van der Waals surface area contributed by atoms with Crippen molar-refractivity contribution in [2.24, 2.45) is 0 Å². The van der Waals surface area contributed by atoms with Crippen LogP contribution in [0.5, 0.6) is 5.95 Å². The second-order valence-electron chi connectivity index (χ2n) is 7.32. The Balaban J connectivity index is 1.61. The van der Waals surface area contributed by atoms with E-state index in [1.165, 1.54) is 24.3 Å². The summed E-state index contributed by atoms with van der Waals surface area (Å²) in [4.78, 5) is 0. The number of hydrogen-bond acceptors (Lipinski definition) is 4. The first-order valence-electron chi connectivity index (χ1n) is 10.3. The summed E-state index contributed by atoms with van der Waals surface area (Å²) in [6, 6.07) is 6.28. The zero-order valence-electron chi connectivity index (χ0n) is 17.1. The average Bonchev–Trinajstić information content (AvgIpc) is 3.37. The molecule has 9 heteroatoms. The molecule has 0 radical (unpaired) electrons. The molecule has 0 spiro atoms. The summed E-state index contributed by atoms with van der Waals surface area (Å²) in [7, 11) is -1.11. The number of alkyl halides is 3. The van der Waals surface area contributed by atoms with Gasteiger partial charge in [0.1, 0.15) is 18.1 Å². The molecule has 1 aliphatic heterocycles. The molecule has 3 rings (SSSR count). The summed E-state index contributed by atoms with van der Waals surface area (Å²) in [5.74, 6) is -0.0272. The second kappa shape index (κ2) is 12.2. The number of rotatable bonds is 12. The summed E-state index contributed by atoms with van der Waals surface area (Å²) >= 11 is 0. The molecular weight excluding hydrogens is 431 g/mol. The molecule has 0 amide bonds. The van der Waals surface area contributed by atoms with Crippen molar-refractivity contribution in [1.29, 1.82) is 0 Å². The van der Waals surface area contributed by atoms with Crippen LogP contribution in [0.3, 0.4) is 0 Å². The molecule has 0 saturated carbocycles. The normalized spacial score (nSPS) is 18.5. The zero-order chi connectivity index (χ0) is 22.1. The maximum absolute atomic E-state index is 13.4. The standard InChI is InChI=1S/C22H27F4N2O2P/c23-9-1-4-16(12-21(25)26)5-2-11-28-31(15-19-6-3-10-27-19)30-22-14-17-13-18(24)7-8-20(17)29-22/h1,4-5,7-8,13-14,19,21,27-28H,2-3,6,9-12,15H2/b4-1-,16-5+. The lowest BCUT2D eigenvalue weighted by Gasteiger charge is -2.21. The first-order chi connectivity index (χ1) is 15.0. The van der Waals surface area contributed by atoms with Crippen LogP contribution in [0.1, 0.15) is 25.7 Å². The molecule has 1 aromatic heterocycles. The fourth-order valence-electron chi connectivity index (χ4n) is 3.43. The molecule has 31 heavy (non-hydrogen) atoms. The van der Waals surface area contributed by atoms with Crippen LogP contribution in [-0.4, -0.2) is 38.4 Å². The molecular formula is C22H27F4N2O2P. The lowest BCUT2D eigenvalue weighted by Crippen LogP contribution is -2.28. The number of benzene rings is 1. The van der Waals surface area contributed by atoms with Gasteiger partial charge in [-0.25, -0.2) is 17.6 Å². The van der Waals surface area contributed by atoms with Gasteiger partial charge in [-0.1, -0.05) is 18.2 Å². The predicted octanol–water partition coefficient (Wildman–Crippen LogP) is 6.10. The molecule has 2 atom stereocenters. The van der Waals surface area contributed by atoms with Gasteiger partial charge in [-0.2, -0.15) is 0 Å². The Bertz CT molecular complexity index is 882. The van der Waals surface area contributed by atoms with Crippen molar-refractivity contribution in [3.8, 4) is 5.95 Å². The molecule has 1 aromatic carbocycles. The summed E-state index contributed by atoms with van der Waals surface area (Å²) in [5, 5.41) is 7.42. The van der Waals surface area contributed by atoms with Gasteiger partial charge in [0, 0.05) is 36.6 Å². The number of nitrogens with one attached hydrogen (secondary N) is 2. The zero-order valence-corrected chi connectivity index (χ0v) is 18.0. The van der Waals surface area contributed by atoms with E-state index in [4.69, 9.17) is 8.94 Å². The lowest BCUT2D eigenvalue weighted by atomic mass is 10.1. The maximum atomic E-state index is 13.4. The highest BCUT2D eigenvalue weighted by molar-refractivity contribution is 7.50. The monoisotopic (exact) mass is 458 g/mol. The minimum absolute atomic E-state index is 0.317. The summed E-state index contributed by atoms with van der Waals surface area (Å²) in [5.41, 5.74) is 0.959. The van der Waals surface area contributed by atoms with E-state index in [2.05, 4.69) is 10.4 Å². The van der Waals surface area contributed by atoms with Crippen molar-refractivity contribution in [3.05, 3.63) is 53.9 Å². The first-order valence-corrected chi connectivity index (χ1v) is 11.8. The predicted molar refractivity (Wildman–Crippen MR) is 116 cm³/mol. The van der Waals surface area contributed by atoms with Crippen molar-refractivity contribution in [1.82, 2.24) is 10.4 Å². The topological polar surface area (TPSA) is 46.4 Å². The van der Waals surface area contributed by atoms with Gasteiger partial charge in [0.15, 0.2) is 8.30 Å². The molecule has 2 unspecified atom stereocenters. The molecule has 2 heterocycles. The van der Waals surface area contributed by atoms with E-state index in [-0.39, 0.29) is 5.82 Å². The van der Waals surface area contributed by atoms with Crippen LogP contribution in [-0.2, 0) is 0 Å². The molecule has 0 bridgehead atoms. The third kappa shape index (κ3) is 7.95. The largest absolute Gasteiger partial charge is 0.428 e. The number of fused-ring (bicyclic) bond motifs is 1. The molecule has 4 nitrogen and oxygen atoms in total. The van der Waals surface area contributed by atoms with Crippen LogP contribution in [0.2, 0.25) is 0 Å². The van der Waals surface area contributed by atoms with E-state index in [9.17, 15) is 17.6 Å². The van der Waals surface area contributed by atoms with Gasteiger partial charge in [0.2, 0.25) is 6.43 Å². The number of furan rings is 1.